The fourth-order valence-corrected chi connectivity index (χ4v) is 9.58. The van der Waals surface area contributed by atoms with Crippen LogP contribution >= 0.6 is 0 Å². The molecule has 2 fully saturated rings. The quantitative estimate of drug-likeness (QED) is 0.132. The number of nitrogens with one attached hydrogen (secondary N) is 2. The normalized spacial score (nSPS) is 22.2. The van der Waals surface area contributed by atoms with Gasteiger partial charge in [-0.3, -0.25) is 9.69 Å². The van der Waals surface area contributed by atoms with Crippen molar-refractivity contribution in [2.45, 2.75) is 43.6 Å². The Kier molecular flexibility index (Phi) is 13.1. The lowest BCUT2D eigenvalue weighted by atomic mass is 9.63. The summed E-state index contributed by atoms with van der Waals surface area (Å²) in [6.07, 6.45) is 0.920. The van der Waals surface area contributed by atoms with Crippen LogP contribution in [-0.4, -0.2) is 96.8 Å². The second-order valence-electron chi connectivity index (χ2n) is 15.2. The highest BCUT2D eigenvalue weighted by atomic mass is 16.6. The van der Waals surface area contributed by atoms with Crippen molar-refractivity contribution in [3.63, 3.8) is 0 Å². The van der Waals surface area contributed by atoms with E-state index in [0.717, 1.165) is 37.2 Å². The Morgan fingerprint density at radius 1 is 0.797 bits per heavy atom. The molecule has 1 aliphatic carbocycles. The van der Waals surface area contributed by atoms with Crippen LogP contribution in [0.2, 0.25) is 0 Å². The Labute approximate surface area is 346 Å². The Morgan fingerprint density at radius 3 is 2.02 bits per heavy atom. The molecule has 12 nitrogen and oxygen atoms in total. The number of esters is 2. The third kappa shape index (κ3) is 8.35. The van der Waals surface area contributed by atoms with Gasteiger partial charge in [-0.2, -0.15) is 0 Å². The maximum atomic E-state index is 13.5. The fraction of sp³-hybridized carbons (Fsp3) is 0.404. The first-order chi connectivity index (χ1) is 28.8. The maximum Gasteiger partial charge on any atom is 0.338 e. The average molecular weight is 806 g/mol. The summed E-state index contributed by atoms with van der Waals surface area (Å²) < 4.78 is 39.1. The number of aromatic nitrogens is 1. The lowest BCUT2D eigenvalue weighted by molar-refractivity contribution is -0.176. The van der Waals surface area contributed by atoms with E-state index >= 15 is 0 Å². The number of H-pyrrole nitrogens is 1. The summed E-state index contributed by atoms with van der Waals surface area (Å²) in [7, 11) is 11.1. The van der Waals surface area contributed by atoms with Crippen molar-refractivity contribution in [1.82, 2.24) is 15.2 Å². The van der Waals surface area contributed by atoms with Gasteiger partial charge in [0.1, 0.15) is 18.0 Å². The Hall–Kier alpha value is -5.56. The van der Waals surface area contributed by atoms with Crippen LogP contribution < -0.4 is 24.3 Å². The summed E-state index contributed by atoms with van der Waals surface area (Å²) in [5.74, 6) is 0.441. The first kappa shape index (κ1) is 41.6. The third-order valence-corrected chi connectivity index (χ3v) is 12.3. The van der Waals surface area contributed by atoms with Crippen molar-refractivity contribution < 1.29 is 42.7 Å². The van der Waals surface area contributed by atoms with Gasteiger partial charge in [0.25, 0.3) is 0 Å². The lowest BCUT2D eigenvalue weighted by Crippen LogP contribution is -2.58. The molecule has 12 heteroatoms. The summed E-state index contributed by atoms with van der Waals surface area (Å²) in [5.41, 5.74) is 6.42. The maximum absolute atomic E-state index is 13.5. The summed E-state index contributed by atoms with van der Waals surface area (Å²) in [5, 5.41) is 4.55. The number of nitrogens with zero attached hydrogens (tertiary/aromatic N) is 1. The zero-order chi connectivity index (χ0) is 41.6. The molecule has 5 aromatic rings. The van der Waals surface area contributed by atoms with Gasteiger partial charge in [0.05, 0.1) is 59.1 Å². The monoisotopic (exact) mass is 805 g/mol. The van der Waals surface area contributed by atoms with E-state index in [1.165, 1.54) is 56.2 Å². The Bertz CT molecular complexity index is 2150. The van der Waals surface area contributed by atoms with Gasteiger partial charge in [0.2, 0.25) is 5.75 Å². The first-order valence-electron chi connectivity index (χ1n) is 20.1. The zero-order valence-electron chi connectivity index (χ0n) is 34.9. The molecular formula is C47H55N3O9. The van der Waals surface area contributed by atoms with E-state index < -0.39 is 24.1 Å². The summed E-state index contributed by atoms with van der Waals surface area (Å²) >= 11 is 0. The molecule has 0 unspecified atom stereocenters. The number of methoxy groups -OCH3 is 6. The minimum atomic E-state index is -0.670. The van der Waals surface area contributed by atoms with Crippen molar-refractivity contribution in [3.8, 4) is 23.0 Å². The summed E-state index contributed by atoms with van der Waals surface area (Å²) in [4.78, 5) is 33.1. The van der Waals surface area contributed by atoms with Crippen LogP contribution in [0.4, 0.5) is 0 Å². The van der Waals surface area contributed by atoms with E-state index in [1.54, 1.807) is 26.4 Å². The molecule has 6 atom stereocenters. The van der Waals surface area contributed by atoms with Crippen LogP contribution in [0.5, 0.6) is 23.0 Å². The van der Waals surface area contributed by atoms with Gasteiger partial charge in [0, 0.05) is 42.9 Å². The number of hydrogen-bond acceptors (Lipinski definition) is 11. The van der Waals surface area contributed by atoms with E-state index in [1.807, 2.05) is 31.3 Å². The zero-order valence-corrected chi connectivity index (χ0v) is 34.9. The number of piperidine rings is 1. The molecule has 0 spiro atoms. The van der Waals surface area contributed by atoms with Gasteiger partial charge >= 0.3 is 11.9 Å². The number of carbonyl (C=O) groups is 2. The first-order valence-corrected chi connectivity index (χ1v) is 20.1. The molecule has 1 aromatic heterocycles. The molecule has 59 heavy (non-hydrogen) atoms. The fourth-order valence-electron chi connectivity index (χ4n) is 9.58. The van der Waals surface area contributed by atoms with E-state index in [-0.39, 0.29) is 35.5 Å². The van der Waals surface area contributed by atoms with Crippen molar-refractivity contribution in [2.24, 2.45) is 17.8 Å². The predicted molar refractivity (Wildman–Crippen MR) is 224 cm³/mol. The van der Waals surface area contributed by atoms with Crippen LogP contribution in [0, 0.1) is 17.8 Å². The van der Waals surface area contributed by atoms with Gasteiger partial charge < -0.3 is 43.5 Å². The van der Waals surface area contributed by atoms with Gasteiger partial charge in [0.15, 0.2) is 11.5 Å². The van der Waals surface area contributed by atoms with Crippen LogP contribution in [0.25, 0.3) is 10.9 Å². The Morgan fingerprint density at radius 2 is 1.46 bits per heavy atom. The van der Waals surface area contributed by atoms with Gasteiger partial charge in [-0.25, -0.2) is 4.79 Å². The van der Waals surface area contributed by atoms with E-state index in [9.17, 15) is 9.59 Å². The number of fused-ring (bicyclic) bond motifs is 6. The number of ether oxygens (including phenoxy) is 7. The highest BCUT2D eigenvalue weighted by Gasteiger charge is 2.54. The van der Waals surface area contributed by atoms with Crippen molar-refractivity contribution in [1.29, 1.82) is 0 Å². The number of carbonyl (C=O) groups excluding carboxylic acids is 2. The minimum Gasteiger partial charge on any atom is -0.497 e. The largest absolute Gasteiger partial charge is 0.497 e. The van der Waals surface area contributed by atoms with Gasteiger partial charge in [-0.15, -0.1) is 0 Å². The molecule has 0 amide bonds. The van der Waals surface area contributed by atoms with Crippen molar-refractivity contribution >= 4 is 22.8 Å². The SMILES string of the molecule is CNC(c1ccccc1)c1ccccc1.COC(=O)[C@H]1[C@H]2C[C@@H]3c4[nH]c5cc(OC)ccc5c4CCN3C[C@H]2C[C@@H](OC(=O)c2cc(OC)c(OC)c(OC)c2)[C@@H]1OC. The standard InChI is InChI=1S/C33H40N2O9.C14H15N/c1-38-19-7-8-20-21-9-10-35-16-18-13-27(44-32(36)17-11-25(39-2)30(41-4)26(12-17)40-3)31(42-5)28(33(37)43-6)22(18)15-24(35)29(21)34-23(20)14-19;1-15-14(12-8-4-2-5-9-12)13-10-6-3-7-11-13/h7-8,11-12,14,18,22,24,27-28,31,34H,9-10,13,15-16H2,1-6H3;2-11,14-15H,1H3/t18-,22+,24-,27-,28+,31+;/m1./s1. The third-order valence-electron chi connectivity index (χ3n) is 12.3. The molecule has 8 rings (SSSR count). The second-order valence-corrected chi connectivity index (χ2v) is 15.2. The topological polar surface area (TPSA) is 130 Å². The van der Waals surface area contributed by atoms with Crippen molar-refractivity contribution in [3.05, 3.63) is 119 Å². The smallest absolute Gasteiger partial charge is 0.338 e. The number of hydrogen-bond donors (Lipinski definition) is 2. The molecule has 0 radical (unpaired) electrons. The predicted octanol–water partition coefficient (Wildman–Crippen LogP) is 7.17. The van der Waals surface area contributed by atoms with E-state index in [0.29, 0.717) is 23.7 Å². The van der Waals surface area contributed by atoms with Crippen molar-refractivity contribution in [2.75, 3.05) is 62.8 Å². The second kappa shape index (κ2) is 18.6. The molecule has 3 heterocycles. The lowest BCUT2D eigenvalue weighted by Gasteiger charge is -2.52. The van der Waals surface area contributed by atoms with Gasteiger partial charge in [-0.1, -0.05) is 60.7 Å². The minimum absolute atomic E-state index is 0.0170. The molecule has 4 aromatic carbocycles. The van der Waals surface area contributed by atoms with Crippen LogP contribution in [0.15, 0.2) is 91.0 Å². The number of rotatable bonds is 11. The molecule has 2 N–H and O–H groups in total. The van der Waals surface area contributed by atoms with E-state index in [2.05, 4.69) is 69.8 Å². The van der Waals surface area contributed by atoms with E-state index in [4.69, 9.17) is 33.2 Å². The van der Waals surface area contributed by atoms with Crippen LogP contribution in [0.3, 0.4) is 0 Å². The summed E-state index contributed by atoms with van der Waals surface area (Å²) in [6.45, 7) is 1.68. The number of aromatic amines is 1. The highest BCUT2D eigenvalue weighted by Crippen LogP contribution is 2.51. The molecule has 312 valence electrons. The highest BCUT2D eigenvalue weighted by molar-refractivity contribution is 5.91. The Balaban J connectivity index is 0.000000295. The molecule has 1 saturated heterocycles. The molecule has 0 bridgehead atoms. The average Bonchev–Trinajstić information content (AvgIpc) is 3.66. The summed E-state index contributed by atoms with van der Waals surface area (Å²) in [6, 6.07) is 30.6. The van der Waals surface area contributed by atoms with Crippen LogP contribution in [0.1, 0.15) is 57.7 Å². The molecule has 2 aliphatic heterocycles. The molecular weight excluding hydrogens is 751 g/mol. The van der Waals surface area contributed by atoms with Gasteiger partial charge in [-0.05, 0) is 79.1 Å². The van der Waals surface area contributed by atoms with Crippen LogP contribution in [-0.2, 0) is 25.4 Å². The number of benzene rings is 4. The molecule has 3 aliphatic rings. The molecule has 1 saturated carbocycles.